The van der Waals surface area contributed by atoms with Gasteiger partial charge < -0.3 is 5.32 Å². The van der Waals surface area contributed by atoms with Crippen molar-refractivity contribution in [2.24, 2.45) is 5.92 Å². The molecule has 0 bridgehead atoms. The minimum atomic E-state index is 0.622. The molecule has 1 fully saturated rings. The number of rotatable bonds is 5. The molecule has 1 aliphatic heterocycles. The highest BCUT2D eigenvalue weighted by molar-refractivity contribution is 5.19. The molecule has 0 saturated carbocycles. The third kappa shape index (κ3) is 4.05. The van der Waals surface area contributed by atoms with E-state index in [4.69, 9.17) is 0 Å². The van der Waals surface area contributed by atoms with Crippen LogP contribution in [0.5, 0.6) is 0 Å². The van der Waals surface area contributed by atoms with Crippen LogP contribution in [0.25, 0.3) is 0 Å². The van der Waals surface area contributed by atoms with Gasteiger partial charge in [0.25, 0.3) is 0 Å². The van der Waals surface area contributed by atoms with E-state index in [1.165, 1.54) is 31.6 Å². The van der Waals surface area contributed by atoms with Gasteiger partial charge in [0.05, 0.1) is 0 Å². The SMILES string of the molecule is CCC(C)C1CN(CC(C)c2ccccc2)CCN1. The van der Waals surface area contributed by atoms with Gasteiger partial charge in [-0.25, -0.2) is 0 Å². The second-order valence-corrected chi connectivity index (χ2v) is 6.02. The van der Waals surface area contributed by atoms with Gasteiger partial charge in [0.2, 0.25) is 0 Å². The molecule has 19 heavy (non-hydrogen) atoms. The maximum Gasteiger partial charge on any atom is 0.0221 e. The summed E-state index contributed by atoms with van der Waals surface area (Å²) in [4.78, 5) is 2.63. The molecular weight excluding hydrogens is 232 g/mol. The Morgan fingerprint density at radius 1 is 1.26 bits per heavy atom. The first-order valence-corrected chi connectivity index (χ1v) is 7.71. The number of piperazine rings is 1. The minimum Gasteiger partial charge on any atom is -0.311 e. The smallest absolute Gasteiger partial charge is 0.0221 e. The molecule has 1 aromatic rings. The Bertz CT molecular complexity index is 363. The first-order chi connectivity index (χ1) is 9.20. The van der Waals surface area contributed by atoms with Crippen LogP contribution in [0.2, 0.25) is 0 Å². The largest absolute Gasteiger partial charge is 0.311 e. The molecule has 2 rings (SSSR count). The normalized spacial score (nSPS) is 24.1. The molecule has 0 spiro atoms. The topological polar surface area (TPSA) is 15.3 Å². The summed E-state index contributed by atoms with van der Waals surface area (Å²) < 4.78 is 0. The second kappa shape index (κ2) is 7.06. The quantitative estimate of drug-likeness (QED) is 0.875. The van der Waals surface area contributed by atoms with Crippen molar-refractivity contribution in [1.29, 1.82) is 0 Å². The van der Waals surface area contributed by atoms with Gasteiger partial charge in [-0.05, 0) is 17.4 Å². The number of benzene rings is 1. The van der Waals surface area contributed by atoms with Gasteiger partial charge >= 0.3 is 0 Å². The fourth-order valence-electron chi connectivity index (χ4n) is 2.95. The first kappa shape index (κ1) is 14.5. The van der Waals surface area contributed by atoms with Crippen LogP contribution in [0.15, 0.2) is 30.3 Å². The van der Waals surface area contributed by atoms with E-state index in [1.54, 1.807) is 0 Å². The first-order valence-electron chi connectivity index (χ1n) is 7.71. The van der Waals surface area contributed by atoms with Crippen molar-refractivity contribution < 1.29 is 0 Å². The van der Waals surface area contributed by atoms with E-state index in [-0.39, 0.29) is 0 Å². The Morgan fingerprint density at radius 3 is 2.68 bits per heavy atom. The fraction of sp³-hybridized carbons (Fsp3) is 0.647. The van der Waals surface area contributed by atoms with E-state index in [0.717, 1.165) is 12.5 Å². The average Bonchev–Trinajstić information content (AvgIpc) is 2.47. The van der Waals surface area contributed by atoms with Crippen molar-refractivity contribution >= 4 is 0 Å². The van der Waals surface area contributed by atoms with Crippen LogP contribution >= 0.6 is 0 Å². The molecule has 0 aromatic heterocycles. The van der Waals surface area contributed by atoms with E-state index in [9.17, 15) is 0 Å². The third-order valence-electron chi connectivity index (χ3n) is 4.52. The molecule has 1 heterocycles. The molecular formula is C17H28N2. The lowest BCUT2D eigenvalue weighted by Gasteiger charge is -2.37. The summed E-state index contributed by atoms with van der Waals surface area (Å²) in [5.74, 6) is 1.40. The van der Waals surface area contributed by atoms with Crippen molar-refractivity contribution in [3.05, 3.63) is 35.9 Å². The molecule has 2 heteroatoms. The second-order valence-electron chi connectivity index (χ2n) is 6.02. The monoisotopic (exact) mass is 260 g/mol. The van der Waals surface area contributed by atoms with Crippen LogP contribution in [0.4, 0.5) is 0 Å². The average molecular weight is 260 g/mol. The van der Waals surface area contributed by atoms with Crippen LogP contribution in [0.1, 0.15) is 38.7 Å². The summed E-state index contributed by atoms with van der Waals surface area (Å²) in [6, 6.07) is 11.6. The standard InChI is InChI=1S/C17H28N2/c1-4-14(2)17-13-19(11-10-18-17)12-15(3)16-8-6-5-7-9-16/h5-9,14-15,17-18H,4,10-13H2,1-3H3. The molecule has 106 valence electrons. The van der Waals surface area contributed by atoms with Gasteiger partial charge in [0, 0.05) is 32.2 Å². The van der Waals surface area contributed by atoms with E-state index >= 15 is 0 Å². The third-order valence-corrected chi connectivity index (χ3v) is 4.52. The lowest BCUT2D eigenvalue weighted by atomic mass is 9.95. The fourth-order valence-corrected chi connectivity index (χ4v) is 2.95. The molecule has 3 unspecified atom stereocenters. The molecule has 1 aromatic carbocycles. The Labute approximate surface area is 118 Å². The van der Waals surface area contributed by atoms with Gasteiger partial charge in [-0.1, -0.05) is 57.5 Å². The summed E-state index contributed by atoms with van der Waals surface area (Å²) in [7, 11) is 0. The summed E-state index contributed by atoms with van der Waals surface area (Å²) in [5.41, 5.74) is 1.46. The van der Waals surface area contributed by atoms with E-state index in [1.807, 2.05) is 0 Å². The minimum absolute atomic E-state index is 0.622. The lowest BCUT2D eigenvalue weighted by molar-refractivity contribution is 0.162. The maximum atomic E-state index is 3.67. The van der Waals surface area contributed by atoms with E-state index < -0.39 is 0 Å². The number of nitrogens with zero attached hydrogens (tertiary/aromatic N) is 1. The van der Waals surface area contributed by atoms with E-state index in [2.05, 4.69) is 61.3 Å². The summed E-state index contributed by atoms with van der Waals surface area (Å²) in [6.45, 7) is 11.7. The molecule has 0 amide bonds. The van der Waals surface area contributed by atoms with Gasteiger partial charge in [-0.15, -0.1) is 0 Å². The molecule has 1 aliphatic rings. The molecule has 0 radical (unpaired) electrons. The molecule has 2 nitrogen and oxygen atoms in total. The van der Waals surface area contributed by atoms with Crippen LogP contribution in [0, 0.1) is 5.92 Å². The van der Waals surface area contributed by atoms with Crippen molar-refractivity contribution in [2.45, 2.75) is 39.2 Å². The van der Waals surface area contributed by atoms with Crippen molar-refractivity contribution in [1.82, 2.24) is 10.2 Å². The Balaban J connectivity index is 1.88. The predicted molar refractivity (Wildman–Crippen MR) is 82.5 cm³/mol. The highest BCUT2D eigenvalue weighted by atomic mass is 15.2. The number of hydrogen-bond donors (Lipinski definition) is 1. The van der Waals surface area contributed by atoms with Gasteiger partial charge in [0.1, 0.15) is 0 Å². The van der Waals surface area contributed by atoms with Crippen LogP contribution < -0.4 is 5.32 Å². The lowest BCUT2D eigenvalue weighted by Crippen LogP contribution is -2.53. The van der Waals surface area contributed by atoms with Crippen LogP contribution in [-0.4, -0.2) is 37.1 Å². The van der Waals surface area contributed by atoms with Gasteiger partial charge in [0.15, 0.2) is 0 Å². The van der Waals surface area contributed by atoms with Crippen molar-refractivity contribution in [2.75, 3.05) is 26.2 Å². The van der Waals surface area contributed by atoms with Crippen LogP contribution in [-0.2, 0) is 0 Å². The predicted octanol–water partition coefficient (Wildman–Crippen LogP) is 3.11. The molecule has 0 aliphatic carbocycles. The van der Waals surface area contributed by atoms with Crippen molar-refractivity contribution in [3.8, 4) is 0 Å². The number of nitrogens with one attached hydrogen (secondary N) is 1. The Morgan fingerprint density at radius 2 is 2.00 bits per heavy atom. The van der Waals surface area contributed by atoms with Gasteiger partial charge in [-0.2, -0.15) is 0 Å². The summed E-state index contributed by atoms with van der Waals surface area (Å²) in [6.07, 6.45) is 1.26. The highest BCUT2D eigenvalue weighted by Crippen LogP contribution is 2.18. The Kier molecular flexibility index (Phi) is 5.41. The van der Waals surface area contributed by atoms with E-state index in [0.29, 0.717) is 12.0 Å². The molecule has 3 atom stereocenters. The zero-order chi connectivity index (χ0) is 13.7. The van der Waals surface area contributed by atoms with Crippen molar-refractivity contribution in [3.63, 3.8) is 0 Å². The zero-order valence-electron chi connectivity index (χ0n) is 12.6. The highest BCUT2D eigenvalue weighted by Gasteiger charge is 2.24. The number of hydrogen-bond acceptors (Lipinski definition) is 2. The summed E-state index contributed by atoms with van der Waals surface area (Å²) in [5, 5.41) is 3.67. The Hall–Kier alpha value is -0.860. The molecule has 1 N–H and O–H groups in total. The summed E-state index contributed by atoms with van der Waals surface area (Å²) >= 11 is 0. The molecule has 1 saturated heterocycles. The van der Waals surface area contributed by atoms with Gasteiger partial charge in [-0.3, -0.25) is 4.90 Å². The zero-order valence-corrected chi connectivity index (χ0v) is 12.6. The van der Waals surface area contributed by atoms with Crippen LogP contribution in [0.3, 0.4) is 0 Å². The maximum absolute atomic E-state index is 3.67.